The molecule has 3 rings (SSSR count). The van der Waals surface area contributed by atoms with Crippen LogP contribution in [0.4, 0.5) is 0 Å². The van der Waals surface area contributed by atoms with Gasteiger partial charge in [-0.15, -0.1) is 0 Å². The summed E-state index contributed by atoms with van der Waals surface area (Å²) in [7, 11) is 0. The Morgan fingerprint density at radius 1 is 1.27 bits per heavy atom. The number of hydrogen-bond donors (Lipinski definition) is 1. The molecule has 1 aliphatic rings. The Hall–Kier alpha value is -2.08. The van der Waals surface area contributed by atoms with E-state index >= 15 is 0 Å². The van der Waals surface area contributed by atoms with E-state index in [9.17, 15) is 14.7 Å². The lowest BCUT2D eigenvalue weighted by molar-refractivity contribution is -0.133. The largest absolute Gasteiger partial charge is 0.394 e. The van der Waals surface area contributed by atoms with Crippen molar-refractivity contribution < 1.29 is 9.90 Å². The third-order valence-electron chi connectivity index (χ3n) is 4.44. The molecule has 1 fully saturated rings. The number of aliphatic hydroxyl groups excluding tert-OH is 1. The van der Waals surface area contributed by atoms with Gasteiger partial charge in [0.15, 0.2) is 0 Å². The van der Waals surface area contributed by atoms with Crippen LogP contribution in [0.5, 0.6) is 0 Å². The lowest BCUT2D eigenvalue weighted by atomic mass is 10.2. The van der Waals surface area contributed by atoms with Gasteiger partial charge in [0.05, 0.1) is 23.7 Å². The number of carbonyl (C=O) groups excluding carboxylic acids is 1. The molecule has 1 aromatic carbocycles. The van der Waals surface area contributed by atoms with Crippen LogP contribution in [0.2, 0.25) is 0 Å². The molecule has 1 aromatic heterocycles. The van der Waals surface area contributed by atoms with Crippen molar-refractivity contribution >= 4 is 16.9 Å². The molecule has 118 valence electrons. The highest BCUT2D eigenvalue weighted by Crippen LogP contribution is 2.18. The van der Waals surface area contributed by atoms with E-state index in [1.165, 1.54) is 4.57 Å². The Morgan fingerprint density at radius 3 is 2.59 bits per heavy atom. The molecule has 2 heterocycles. The van der Waals surface area contributed by atoms with E-state index < -0.39 is 0 Å². The summed E-state index contributed by atoms with van der Waals surface area (Å²) in [6.45, 7) is 3.16. The number of likely N-dealkylation sites (tertiary alicyclic amines) is 1. The number of rotatable bonds is 4. The second kappa shape index (κ2) is 5.96. The van der Waals surface area contributed by atoms with Crippen LogP contribution >= 0.6 is 0 Å². The van der Waals surface area contributed by atoms with Crippen molar-refractivity contribution in [1.82, 2.24) is 14.0 Å². The molecule has 1 saturated heterocycles. The van der Waals surface area contributed by atoms with Crippen molar-refractivity contribution in [3.05, 3.63) is 34.7 Å². The van der Waals surface area contributed by atoms with Crippen LogP contribution < -0.4 is 5.69 Å². The molecule has 22 heavy (non-hydrogen) atoms. The number of nitrogens with zero attached hydrogens (tertiary/aromatic N) is 3. The van der Waals surface area contributed by atoms with Crippen LogP contribution in [-0.4, -0.2) is 44.2 Å². The van der Waals surface area contributed by atoms with Gasteiger partial charge in [0.25, 0.3) is 0 Å². The molecule has 1 N–H and O–H groups in total. The summed E-state index contributed by atoms with van der Waals surface area (Å²) in [5.74, 6) is -0.0994. The van der Waals surface area contributed by atoms with Crippen LogP contribution in [0.3, 0.4) is 0 Å². The van der Waals surface area contributed by atoms with E-state index in [4.69, 9.17) is 0 Å². The fraction of sp³-hybridized carbons (Fsp3) is 0.500. The Balaban J connectivity index is 1.96. The topological polar surface area (TPSA) is 67.5 Å². The quantitative estimate of drug-likeness (QED) is 0.909. The summed E-state index contributed by atoms with van der Waals surface area (Å²) in [6.07, 6.45) is 1.73. The van der Waals surface area contributed by atoms with Gasteiger partial charge in [0.1, 0.15) is 6.54 Å². The number of carbonyl (C=O) groups is 1. The van der Waals surface area contributed by atoms with Crippen LogP contribution in [0.1, 0.15) is 19.8 Å². The number of para-hydroxylation sites is 2. The van der Waals surface area contributed by atoms with Gasteiger partial charge in [0, 0.05) is 13.1 Å². The number of amides is 1. The molecule has 1 aliphatic heterocycles. The van der Waals surface area contributed by atoms with Crippen LogP contribution in [0.15, 0.2) is 29.1 Å². The van der Waals surface area contributed by atoms with Gasteiger partial charge in [-0.3, -0.25) is 13.9 Å². The first-order valence-electron chi connectivity index (χ1n) is 7.75. The van der Waals surface area contributed by atoms with Gasteiger partial charge in [-0.05, 0) is 31.9 Å². The number of aromatic nitrogens is 2. The molecule has 1 atom stereocenters. The Labute approximate surface area is 128 Å². The van der Waals surface area contributed by atoms with Gasteiger partial charge in [0.2, 0.25) is 5.91 Å². The highest BCUT2D eigenvalue weighted by molar-refractivity contribution is 5.81. The van der Waals surface area contributed by atoms with E-state index in [1.807, 2.05) is 31.2 Å². The first-order chi connectivity index (χ1) is 10.7. The summed E-state index contributed by atoms with van der Waals surface area (Å²) in [5.41, 5.74) is 1.47. The lowest BCUT2D eigenvalue weighted by Crippen LogP contribution is -2.41. The molecule has 0 saturated carbocycles. The van der Waals surface area contributed by atoms with Gasteiger partial charge in [-0.25, -0.2) is 4.79 Å². The maximum absolute atomic E-state index is 12.5. The van der Waals surface area contributed by atoms with Gasteiger partial charge < -0.3 is 10.0 Å². The molecule has 2 aromatic rings. The summed E-state index contributed by atoms with van der Waals surface area (Å²) < 4.78 is 3.21. The number of benzene rings is 1. The molecule has 0 aliphatic carbocycles. The van der Waals surface area contributed by atoms with E-state index in [0.717, 1.165) is 23.9 Å². The van der Waals surface area contributed by atoms with Crippen molar-refractivity contribution in [2.45, 2.75) is 38.9 Å². The summed E-state index contributed by atoms with van der Waals surface area (Å²) in [5, 5.41) is 9.35. The molecular weight excluding hydrogens is 282 g/mol. The maximum atomic E-state index is 12.5. The molecular formula is C16H21N3O3. The number of aliphatic hydroxyl groups is 1. The minimum absolute atomic E-state index is 0.0165. The minimum Gasteiger partial charge on any atom is -0.394 e. The van der Waals surface area contributed by atoms with Crippen molar-refractivity contribution in [2.24, 2.45) is 0 Å². The smallest absolute Gasteiger partial charge is 0.329 e. The summed E-state index contributed by atoms with van der Waals surface area (Å²) in [6, 6.07) is 7.41. The van der Waals surface area contributed by atoms with Crippen LogP contribution in [-0.2, 0) is 17.9 Å². The van der Waals surface area contributed by atoms with E-state index in [-0.39, 0.29) is 30.8 Å². The van der Waals surface area contributed by atoms with Gasteiger partial charge >= 0.3 is 5.69 Å². The zero-order valence-electron chi connectivity index (χ0n) is 12.7. The second-order valence-corrected chi connectivity index (χ2v) is 5.67. The van der Waals surface area contributed by atoms with E-state index in [2.05, 4.69) is 0 Å². The molecule has 0 radical (unpaired) electrons. The average Bonchev–Trinajstić information content (AvgIpc) is 3.11. The fourth-order valence-corrected chi connectivity index (χ4v) is 3.31. The Bertz CT molecular complexity index is 747. The minimum atomic E-state index is -0.156. The van der Waals surface area contributed by atoms with E-state index in [1.54, 1.807) is 9.47 Å². The first-order valence-corrected chi connectivity index (χ1v) is 7.75. The predicted octanol–water partition coefficient (Wildman–Crippen LogP) is 0.806. The molecule has 6 heteroatoms. The fourth-order valence-electron chi connectivity index (χ4n) is 3.31. The molecule has 0 spiro atoms. The number of aryl methyl sites for hydroxylation is 1. The number of imidazole rings is 1. The van der Waals surface area contributed by atoms with E-state index in [0.29, 0.717) is 13.1 Å². The van der Waals surface area contributed by atoms with Crippen molar-refractivity contribution in [3.8, 4) is 0 Å². The molecule has 6 nitrogen and oxygen atoms in total. The number of fused-ring (bicyclic) bond motifs is 1. The van der Waals surface area contributed by atoms with Crippen molar-refractivity contribution in [1.29, 1.82) is 0 Å². The zero-order valence-corrected chi connectivity index (χ0v) is 12.7. The highest BCUT2D eigenvalue weighted by atomic mass is 16.3. The zero-order chi connectivity index (χ0) is 15.7. The van der Waals surface area contributed by atoms with Gasteiger partial charge in [-0.1, -0.05) is 12.1 Å². The SMILES string of the molecule is CCn1c(=O)n(CC(=O)N2CCC[C@@H]2CO)c2ccccc21. The van der Waals surface area contributed by atoms with Crippen molar-refractivity contribution in [3.63, 3.8) is 0 Å². The number of hydrogen-bond acceptors (Lipinski definition) is 3. The lowest BCUT2D eigenvalue weighted by Gasteiger charge is -2.23. The third kappa shape index (κ3) is 2.33. The monoisotopic (exact) mass is 303 g/mol. The first kappa shape index (κ1) is 14.8. The normalized spacial score (nSPS) is 18.3. The highest BCUT2D eigenvalue weighted by Gasteiger charge is 2.28. The predicted molar refractivity (Wildman–Crippen MR) is 83.7 cm³/mol. The molecule has 0 bridgehead atoms. The molecule has 1 amide bonds. The van der Waals surface area contributed by atoms with Crippen molar-refractivity contribution in [2.75, 3.05) is 13.2 Å². The Morgan fingerprint density at radius 2 is 1.95 bits per heavy atom. The summed E-state index contributed by atoms with van der Waals surface area (Å²) in [4.78, 5) is 26.7. The van der Waals surface area contributed by atoms with Crippen LogP contribution in [0, 0.1) is 0 Å². The second-order valence-electron chi connectivity index (χ2n) is 5.67. The standard InChI is InChI=1S/C16H21N3O3/c1-2-17-13-7-3-4-8-14(13)19(16(17)22)10-15(21)18-9-5-6-12(18)11-20/h3-4,7-8,12,20H,2,5-6,9-11H2,1H3/t12-/m1/s1. The Kier molecular flexibility index (Phi) is 4.02. The van der Waals surface area contributed by atoms with Crippen LogP contribution in [0.25, 0.3) is 11.0 Å². The summed E-state index contributed by atoms with van der Waals surface area (Å²) >= 11 is 0. The average molecular weight is 303 g/mol. The maximum Gasteiger partial charge on any atom is 0.329 e. The molecule has 0 unspecified atom stereocenters. The van der Waals surface area contributed by atoms with Gasteiger partial charge in [-0.2, -0.15) is 0 Å². The third-order valence-corrected chi connectivity index (χ3v) is 4.44.